The minimum absolute atomic E-state index is 0.0994. The molecule has 84 valence electrons. The topological polar surface area (TPSA) is 35.2 Å². The van der Waals surface area contributed by atoms with Crippen molar-refractivity contribution in [3.05, 3.63) is 29.8 Å². The molecule has 0 spiro atoms. The average molecular weight is 215 g/mol. The highest BCUT2D eigenvalue weighted by Crippen LogP contribution is 2.31. The van der Waals surface area contributed by atoms with Gasteiger partial charge in [-0.15, -0.1) is 0 Å². The summed E-state index contributed by atoms with van der Waals surface area (Å²) in [4.78, 5) is 0. The fraction of sp³-hybridized carbons (Fsp3) is 0.455. The first-order valence-corrected chi connectivity index (χ1v) is 4.67. The molecule has 1 unspecified atom stereocenters. The zero-order chi connectivity index (χ0) is 11.5. The maximum atomic E-state index is 12.9. The van der Waals surface area contributed by atoms with E-state index in [1.54, 1.807) is 24.3 Å². The van der Waals surface area contributed by atoms with E-state index in [1.165, 1.54) is 14.0 Å². The lowest BCUT2D eigenvalue weighted by molar-refractivity contribution is 0.0636. The first-order chi connectivity index (χ1) is 7.04. The normalized spacial score (nSPS) is 15.1. The van der Waals surface area contributed by atoms with Crippen LogP contribution in [0, 0.1) is 0 Å². The van der Waals surface area contributed by atoms with Crippen LogP contribution >= 0.6 is 0 Å². The van der Waals surface area contributed by atoms with Crippen LogP contribution in [0.4, 0.5) is 8.78 Å². The third-order valence-corrected chi connectivity index (χ3v) is 2.63. The molecule has 0 bridgehead atoms. The summed E-state index contributed by atoms with van der Waals surface area (Å²) in [6, 6.07) is 6.64. The molecule has 0 saturated carbocycles. The zero-order valence-electron chi connectivity index (χ0n) is 8.84. The summed E-state index contributed by atoms with van der Waals surface area (Å²) in [5.41, 5.74) is 4.60. The van der Waals surface area contributed by atoms with Gasteiger partial charge >= 0.3 is 0 Å². The third-order valence-electron chi connectivity index (χ3n) is 2.63. The molecule has 0 heterocycles. The van der Waals surface area contributed by atoms with Gasteiger partial charge in [-0.05, 0) is 24.6 Å². The first kappa shape index (κ1) is 11.9. The third kappa shape index (κ3) is 2.26. The number of nitrogens with two attached hydrogens (primary N) is 1. The zero-order valence-corrected chi connectivity index (χ0v) is 8.84. The summed E-state index contributed by atoms with van der Waals surface area (Å²) in [5.74, 6) is 0.563. The highest BCUT2D eigenvalue weighted by atomic mass is 19.3. The van der Waals surface area contributed by atoms with Crippen molar-refractivity contribution in [1.29, 1.82) is 0 Å². The predicted octanol–water partition coefficient (Wildman–Crippen LogP) is 2.18. The summed E-state index contributed by atoms with van der Waals surface area (Å²) >= 11 is 0. The largest absolute Gasteiger partial charge is 0.497 e. The Bertz CT molecular complexity index is 330. The Morgan fingerprint density at radius 3 is 2.60 bits per heavy atom. The highest BCUT2D eigenvalue weighted by molar-refractivity contribution is 5.34. The van der Waals surface area contributed by atoms with E-state index in [0.717, 1.165) is 0 Å². The van der Waals surface area contributed by atoms with Gasteiger partial charge in [0, 0.05) is 6.54 Å². The van der Waals surface area contributed by atoms with Crippen LogP contribution < -0.4 is 10.5 Å². The molecule has 1 rings (SSSR count). The molecule has 4 heteroatoms. The fourth-order valence-corrected chi connectivity index (χ4v) is 1.31. The Morgan fingerprint density at radius 2 is 2.13 bits per heavy atom. The van der Waals surface area contributed by atoms with Crippen molar-refractivity contribution in [2.45, 2.75) is 18.8 Å². The lowest BCUT2D eigenvalue weighted by atomic mass is 9.83. The average Bonchev–Trinajstić information content (AvgIpc) is 2.27. The maximum absolute atomic E-state index is 12.9. The number of ether oxygens (including phenoxy) is 1. The lowest BCUT2D eigenvalue weighted by Crippen LogP contribution is -2.38. The standard InChI is InChI=1S/C11H15F2NO/c1-11(7-14,10(12)13)8-4-3-5-9(6-8)15-2/h3-6,10H,7,14H2,1-2H3. The number of methoxy groups -OCH3 is 1. The molecule has 2 nitrogen and oxygen atoms in total. The van der Waals surface area contributed by atoms with Crippen LogP contribution in [0.3, 0.4) is 0 Å². The summed E-state index contributed by atoms with van der Waals surface area (Å²) in [6.45, 7) is 1.35. The number of hydrogen-bond acceptors (Lipinski definition) is 2. The van der Waals surface area contributed by atoms with Crippen molar-refractivity contribution in [3.8, 4) is 5.75 Å². The summed E-state index contributed by atoms with van der Waals surface area (Å²) in [7, 11) is 1.50. The monoisotopic (exact) mass is 215 g/mol. The van der Waals surface area contributed by atoms with Gasteiger partial charge in [0.15, 0.2) is 0 Å². The van der Waals surface area contributed by atoms with Crippen molar-refractivity contribution < 1.29 is 13.5 Å². The van der Waals surface area contributed by atoms with Gasteiger partial charge in [0.2, 0.25) is 6.43 Å². The van der Waals surface area contributed by atoms with E-state index in [-0.39, 0.29) is 6.54 Å². The van der Waals surface area contributed by atoms with Crippen LogP contribution in [0.2, 0.25) is 0 Å². The molecule has 0 saturated heterocycles. The quantitative estimate of drug-likeness (QED) is 0.835. The second kappa shape index (κ2) is 4.57. The minimum atomic E-state index is -2.49. The van der Waals surface area contributed by atoms with Crippen molar-refractivity contribution >= 4 is 0 Å². The van der Waals surface area contributed by atoms with E-state index < -0.39 is 11.8 Å². The number of rotatable bonds is 4. The summed E-state index contributed by atoms with van der Waals surface area (Å²) in [6.07, 6.45) is -2.49. The van der Waals surface area contributed by atoms with Crippen molar-refractivity contribution in [1.82, 2.24) is 0 Å². The van der Waals surface area contributed by atoms with Gasteiger partial charge in [-0.3, -0.25) is 0 Å². The van der Waals surface area contributed by atoms with Crippen LogP contribution in [0.25, 0.3) is 0 Å². The smallest absolute Gasteiger partial charge is 0.249 e. The molecular formula is C11H15F2NO. The Kier molecular flexibility index (Phi) is 3.63. The predicted molar refractivity (Wildman–Crippen MR) is 55.4 cm³/mol. The van der Waals surface area contributed by atoms with Gasteiger partial charge in [-0.1, -0.05) is 12.1 Å². The summed E-state index contributed by atoms with van der Waals surface area (Å²) in [5, 5.41) is 0. The van der Waals surface area contributed by atoms with Crippen LogP contribution in [0.1, 0.15) is 12.5 Å². The molecule has 2 N–H and O–H groups in total. The molecule has 1 aromatic carbocycles. The molecule has 0 fully saturated rings. The Morgan fingerprint density at radius 1 is 1.47 bits per heavy atom. The number of alkyl halides is 2. The molecular weight excluding hydrogens is 200 g/mol. The van der Waals surface area contributed by atoms with E-state index in [0.29, 0.717) is 11.3 Å². The van der Waals surface area contributed by atoms with Crippen molar-refractivity contribution in [2.75, 3.05) is 13.7 Å². The summed E-state index contributed by atoms with van der Waals surface area (Å²) < 4.78 is 30.8. The van der Waals surface area contributed by atoms with Gasteiger partial charge in [0.05, 0.1) is 12.5 Å². The Balaban J connectivity index is 3.12. The van der Waals surface area contributed by atoms with Crippen LogP contribution in [-0.2, 0) is 5.41 Å². The first-order valence-electron chi connectivity index (χ1n) is 4.67. The van der Waals surface area contributed by atoms with Crippen molar-refractivity contribution in [3.63, 3.8) is 0 Å². The molecule has 0 radical (unpaired) electrons. The van der Waals surface area contributed by atoms with Gasteiger partial charge in [-0.2, -0.15) is 0 Å². The molecule has 1 aromatic rings. The minimum Gasteiger partial charge on any atom is -0.497 e. The fourth-order valence-electron chi connectivity index (χ4n) is 1.31. The van der Waals surface area contributed by atoms with E-state index in [2.05, 4.69) is 0 Å². The maximum Gasteiger partial charge on any atom is 0.249 e. The molecule has 1 atom stereocenters. The van der Waals surface area contributed by atoms with Gasteiger partial charge in [0.1, 0.15) is 5.75 Å². The van der Waals surface area contributed by atoms with E-state index in [4.69, 9.17) is 10.5 Å². The van der Waals surface area contributed by atoms with Crippen LogP contribution in [0.15, 0.2) is 24.3 Å². The van der Waals surface area contributed by atoms with E-state index in [9.17, 15) is 8.78 Å². The molecule has 0 aliphatic rings. The van der Waals surface area contributed by atoms with Crippen molar-refractivity contribution in [2.24, 2.45) is 5.73 Å². The van der Waals surface area contributed by atoms with Gasteiger partial charge in [-0.25, -0.2) is 8.78 Å². The second-order valence-electron chi connectivity index (χ2n) is 3.65. The molecule has 0 aliphatic carbocycles. The van der Waals surface area contributed by atoms with Crippen LogP contribution in [-0.4, -0.2) is 20.1 Å². The van der Waals surface area contributed by atoms with Crippen LogP contribution in [0.5, 0.6) is 5.75 Å². The highest BCUT2D eigenvalue weighted by Gasteiger charge is 2.35. The van der Waals surface area contributed by atoms with E-state index in [1.807, 2.05) is 0 Å². The van der Waals surface area contributed by atoms with Gasteiger partial charge < -0.3 is 10.5 Å². The number of hydrogen-bond donors (Lipinski definition) is 1. The molecule has 15 heavy (non-hydrogen) atoms. The lowest BCUT2D eigenvalue weighted by Gasteiger charge is -2.27. The number of halogens is 2. The SMILES string of the molecule is COc1cccc(C(C)(CN)C(F)F)c1. The van der Waals surface area contributed by atoms with Gasteiger partial charge in [0.25, 0.3) is 0 Å². The second-order valence-corrected chi connectivity index (χ2v) is 3.65. The van der Waals surface area contributed by atoms with E-state index >= 15 is 0 Å². The molecule has 0 aromatic heterocycles. The molecule has 0 amide bonds. The molecule has 0 aliphatic heterocycles. The number of benzene rings is 1. The Labute approximate surface area is 88.0 Å². The Hall–Kier alpha value is -1.16.